The molecule has 0 amide bonds. The van der Waals surface area contributed by atoms with Crippen LogP contribution in [0.1, 0.15) is 58.6 Å². The summed E-state index contributed by atoms with van der Waals surface area (Å²) in [5, 5.41) is 7.05. The second kappa shape index (κ2) is 4.69. The summed E-state index contributed by atoms with van der Waals surface area (Å²) in [5.74, 6) is 0. The molecule has 0 aromatic carbocycles. The number of aromatic nitrogens is 4. The van der Waals surface area contributed by atoms with Gasteiger partial charge in [0.2, 0.25) is 0 Å². The van der Waals surface area contributed by atoms with E-state index in [-0.39, 0.29) is 10.8 Å². The third-order valence-corrected chi connectivity index (χ3v) is 3.25. The molecule has 0 saturated carbocycles. The second-order valence-corrected chi connectivity index (χ2v) is 7.33. The third kappa shape index (κ3) is 2.74. The number of aromatic amines is 1. The van der Waals surface area contributed by atoms with Crippen molar-refractivity contribution in [1.29, 1.82) is 0 Å². The summed E-state index contributed by atoms with van der Waals surface area (Å²) in [6, 6.07) is 1.95. The minimum atomic E-state index is -0.0609. The molecular formula is C16H24N4. The van der Waals surface area contributed by atoms with E-state index in [4.69, 9.17) is 9.97 Å². The van der Waals surface area contributed by atoms with E-state index in [1.165, 1.54) is 0 Å². The molecule has 4 heteroatoms. The van der Waals surface area contributed by atoms with Crippen molar-refractivity contribution in [3.63, 3.8) is 0 Å². The minimum Gasteiger partial charge on any atom is -0.276 e. The lowest BCUT2D eigenvalue weighted by atomic mass is 9.86. The molecule has 4 nitrogen and oxygen atoms in total. The van der Waals surface area contributed by atoms with Gasteiger partial charge < -0.3 is 0 Å². The Bertz CT molecular complexity index is 599. The van der Waals surface area contributed by atoms with Gasteiger partial charge in [-0.3, -0.25) is 10.1 Å². The zero-order valence-corrected chi connectivity index (χ0v) is 13.5. The van der Waals surface area contributed by atoms with Gasteiger partial charge in [0, 0.05) is 17.0 Å². The Hall–Kier alpha value is -1.71. The SMILES string of the molecule is Cc1nc(C(C)(C)C)c(-c2ccn[nH]2)nc1C(C)(C)C. The highest BCUT2D eigenvalue weighted by molar-refractivity contribution is 5.59. The van der Waals surface area contributed by atoms with Gasteiger partial charge in [0.25, 0.3) is 0 Å². The molecule has 0 spiro atoms. The molecule has 0 bridgehead atoms. The summed E-state index contributed by atoms with van der Waals surface area (Å²) < 4.78 is 0. The van der Waals surface area contributed by atoms with E-state index in [9.17, 15) is 0 Å². The summed E-state index contributed by atoms with van der Waals surface area (Å²) in [7, 11) is 0. The molecule has 0 fully saturated rings. The molecular weight excluding hydrogens is 248 g/mol. The van der Waals surface area contributed by atoms with E-state index in [0.717, 1.165) is 28.5 Å². The van der Waals surface area contributed by atoms with Gasteiger partial charge in [-0.1, -0.05) is 41.5 Å². The molecule has 2 rings (SSSR count). The summed E-state index contributed by atoms with van der Waals surface area (Å²) in [6.45, 7) is 15.0. The van der Waals surface area contributed by atoms with Crippen LogP contribution in [0.5, 0.6) is 0 Å². The molecule has 0 aliphatic heterocycles. The molecule has 0 radical (unpaired) electrons. The number of H-pyrrole nitrogens is 1. The number of nitrogens with zero attached hydrogens (tertiary/aromatic N) is 3. The van der Waals surface area contributed by atoms with Crippen LogP contribution in [0.3, 0.4) is 0 Å². The first kappa shape index (κ1) is 14.7. The van der Waals surface area contributed by atoms with Gasteiger partial charge in [-0.25, -0.2) is 4.98 Å². The van der Waals surface area contributed by atoms with Crippen molar-refractivity contribution in [2.45, 2.75) is 59.3 Å². The van der Waals surface area contributed by atoms with Crippen LogP contribution in [0.25, 0.3) is 11.4 Å². The number of aryl methyl sites for hydroxylation is 1. The Morgan fingerprint density at radius 1 is 0.900 bits per heavy atom. The Labute approximate surface area is 121 Å². The first-order valence-electron chi connectivity index (χ1n) is 7.00. The fraction of sp³-hybridized carbons (Fsp3) is 0.562. The predicted octanol–water partition coefficient (Wildman–Crippen LogP) is 3.77. The number of rotatable bonds is 1. The van der Waals surface area contributed by atoms with E-state index < -0.39 is 0 Å². The lowest BCUT2D eigenvalue weighted by Gasteiger charge is -2.26. The molecule has 1 N–H and O–H groups in total. The van der Waals surface area contributed by atoms with E-state index in [1.54, 1.807) is 6.20 Å². The van der Waals surface area contributed by atoms with Crippen molar-refractivity contribution in [1.82, 2.24) is 20.2 Å². The van der Waals surface area contributed by atoms with Crippen molar-refractivity contribution in [2.75, 3.05) is 0 Å². The van der Waals surface area contributed by atoms with Gasteiger partial charge in [0.15, 0.2) is 0 Å². The average molecular weight is 272 g/mol. The van der Waals surface area contributed by atoms with Crippen LogP contribution in [0, 0.1) is 6.92 Å². The Kier molecular flexibility index (Phi) is 3.44. The topological polar surface area (TPSA) is 54.5 Å². The van der Waals surface area contributed by atoms with E-state index in [1.807, 2.05) is 13.0 Å². The van der Waals surface area contributed by atoms with Crippen molar-refractivity contribution in [3.8, 4) is 11.4 Å². The van der Waals surface area contributed by atoms with Gasteiger partial charge in [0.1, 0.15) is 5.69 Å². The highest BCUT2D eigenvalue weighted by Gasteiger charge is 2.27. The van der Waals surface area contributed by atoms with Gasteiger partial charge in [-0.05, 0) is 13.0 Å². The van der Waals surface area contributed by atoms with E-state index >= 15 is 0 Å². The van der Waals surface area contributed by atoms with Gasteiger partial charge >= 0.3 is 0 Å². The maximum atomic E-state index is 4.92. The van der Waals surface area contributed by atoms with Gasteiger partial charge in [-0.15, -0.1) is 0 Å². The molecule has 0 aliphatic carbocycles. The van der Waals surface area contributed by atoms with Crippen LogP contribution in [-0.4, -0.2) is 20.2 Å². The summed E-state index contributed by atoms with van der Waals surface area (Å²) in [4.78, 5) is 9.78. The molecule has 2 aromatic rings. The van der Waals surface area contributed by atoms with E-state index in [0.29, 0.717) is 0 Å². The molecule has 20 heavy (non-hydrogen) atoms. The molecule has 0 saturated heterocycles. The van der Waals surface area contributed by atoms with Crippen LogP contribution < -0.4 is 0 Å². The number of nitrogens with one attached hydrogen (secondary N) is 1. The Morgan fingerprint density at radius 3 is 1.95 bits per heavy atom. The highest BCUT2D eigenvalue weighted by atomic mass is 15.1. The lowest BCUT2D eigenvalue weighted by Crippen LogP contribution is -2.23. The molecule has 0 atom stereocenters. The molecule has 2 aromatic heterocycles. The van der Waals surface area contributed by atoms with Gasteiger partial charge in [0.05, 0.1) is 22.8 Å². The maximum absolute atomic E-state index is 4.92. The maximum Gasteiger partial charge on any atom is 0.110 e. The monoisotopic (exact) mass is 272 g/mol. The second-order valence-electron chi connectivity index (χ2n) is 7.33. The van der Waals surface area contributed by atoms with Crippen LogP contribution in [0.15, 0.2) is 12.3 Å². The first-order valence-corrected chi connectivity index (χ1v) is 7.00. The number of hydrogen-bond acceptors (Lipinski definition) is 3. The van der Waals surface area contributed by atoms with Crippen LogP contribution in [0.2, 0.25) is 0 Å². The lowest BCUT2D eigenvalue weighted by molar-refractivity contribution is 0.535. The Balaban J connectivity index is 2.74. The fourth-order valence-electron chi connectivity index (χ4n) is 2.33. The predicted molar refractivity (Wildman–Crippen MR) is 81.8 cm³/mol. The van der Waals surface area contributed by atoms with E-state index in [2.05, 4.69) is 51.7 Å². The summed E-state index contributed by atoms with van der Waals surface area (Å²) in [5.41, 5.74) is 4.79. The standard InChI is InChI=1S/C16H24N4/c1-10-13(15(2,3)4)19-12(11-8-9-17-20-11)14(18-10)16(5,6)7/h8-9H,1-7H3,(H,17,20). The molecule has 2 heterocycles. The third-order valence-electron chi connectivity index (χ3n) is 3.25. The highest BCUT2D eigenvalue weighted by Crippen LogP contribution is 2.32. The van der Waals surface area contributed by atoms with Crippen LogP contribution >= 0.6 is 0 Å². The quantitative estimate of drug-likeness (QED) is 0.859. The number of hydrogen-bond donors (Lipinski definition) is 1. The first-order chi connectivity index (χ1) is 9.10. The zero-order valence-electron chi connectivity index (χ0n) is 13.5. The van der Waals surface area contributed by atoms with Crippen molar-refractivity contribution < 1.29 is 0 Å². The summed E-state index contributed by atoms with van der Waals surface area (Å²) >= 11 is 0. The van der Waals surface area contributed by atoms with Crippen LogP contribution in [0.4, 0.5) is 0 Å². The Morgan fingerprint density at radius 2 is 1.50 bits per heavy atom. The smallest absolute Gasteiger partial charge is 0.110 e. The summed E-state index contributed by atoms with van der Waals surface area (Å²) in [6.07, 6.45) is 1.75. The van der Waals surface area contributed by atoms with Gasteiger partial charge in [-0.2, -0.15) is 5.10 Å². The van der Waals surface area contributed by atoms with Crippen molar-refractivity contribution in [2.24, 2.45) is 0 Å². The zero-order chi connectivity index (χ0) is 15.1. The molecule has 108 valence electrons. The average Bonchev–Trinajstić information content (AvgIpc) is 2.79. The molecule has 0 aliphatic rings. The molecule has 0 unspecified atom stereocenters. The largest absolute Gasteiger partial charge is 0.276 e. The minimum absolute atomic E-state index is 0.0255. The van der Waals surface area contributed by atoms with Crippen LogP contribution in [-0.2, 0) is 10.8 Å². The normalized spacial score (nSPS) is 12.8. The fourth-order valence-corrected chi connectivity index (χ4v) is 2.33. The van der Waals surface area contributed by atoms with Crippen molar-refractivity contribution >= 4 is 0 Å². The van der Waals surface area contributed by atoms with Crippen molar-refractivity contribution in [3.05, 3.63) is 29.3 Å².